The Labute approximate surface area is 104 Å². The smallest absolute Gasteiger partial charge is 0.334 e. The molecule has 2 rings (SSSR count). The zero-order valence-electron chi connectivity index (χ0n) is 8.74. The van der Waals surface area contributed by atoms with Gasteiger partial charge in [-0.25, -0.2) is 9.99 Å². The lowest BCUT2D eigenvalue weighted by Gasteiger charge is -2.16. The van der Waals surface area contributed by atoms with Gasteiger partial charge in [-0.15, -0.1) is 5.10 Å². The minimum atomic E-state index is -4.45. The van der Waals surface area contributed by atoms with E-state index in [0.29, 0.717) is 10.4 Å². The van der Waals surface area contributed by atoms with E-state index in [9.17, 15) is 13.2 Å². The summed E-state index contributed by atoms with van der Waals surface area (Å²) in [5.74, 6) is -0.551. The zero-order chi connectivity index (χ0) is 12.6. The maximum Gasteiger partial charge on any atom is 0.451 e. The molecular weight excluding hydrogens is 301 g/mol. The Morgan fingerprint density at radius 2 is 2.06 bits per heavy atom. The topological polar surface area (TPSA) is 31.7 Å². The molecular formula is C9H8BrF3N4. The van der Waals surface area contributed by atoms with Crippen LogP contribution < -0.4 is 5.01 Å². The minimum Gasteiger partial charge on any atom is -0.334 e. The number of amidine groups is 1. The molecule has 0 bridgehead atoms. The maximum absolute atomic E-state index is 12.6. The number of hydrogen-bond acceptors (Lipinski definition) is 4. The summed E-state index contributed by atoms with van der Waals surface area (Å²) in [5, 5.41) is 4.72. The van der Waals surface area contributed by atoms with Gasteiger partial charge in [0.2, 0.25) is 5.84 Å². The molecule has 1 aromatic rings. The van der Waals surface area contributed by atoms with Gasteiger partial charge < -0.3 is 4.90 Å². The second-order valence-corrected chi connectivity index (χ2v) is 4.29. The zero-order valence-corrected chi connectivity index (χ0v) is 10.3. The molecule has 0 aliphatic carbocycles. The lowest BCUT2D eigenvalue weighted by molar-refractivity contribution is -0.0663. The molecule has 0 radical (unpaired) electrons. The Morgan fingerprint density at radius 3 is 2.59 bits per heavy atom. The molecule has 0 N–H and O–H groups in total. The lowest BCUT2D eigenvalue weighted by Crippen LogP contribution is -2.36. The normalized spacial score (nSPS) is 16.4. The van der Waals surface area contributed by atoms with Crippen LogP contribution in [0.4, 0.5) is 19.0 Å². The first-order chi connectivity index (χ1) is 7.88. The van der Waals surface area contributed by atoms with Gasteiger partial charge in [-0.05, 0) is 28.1 Å². The third-order valence-electron chi connectivity index (χ3n) is 2.14. The van der Waals surface area contributed by atoms with Gasteiger partial charge in [-0.2, -0.15) is 13.2 Å². The summed E-state index contributed by atoms with van der Waals surface area (Å²) in [6, 6.07) is 4.98. The largest absolute Gasteiger partial charge is 0.451 e. The molecule has 1 aromatic heterocycles. The molecule has 92 valence electrons. The van der Waals surface area contributed by atoms with Crippen LogP contribution in [0.25, 0.3) is 0 Å². The van der Waals surface area contributed by atoms with Crippen LogP contribution in [0.15, 0.2) is 27.9 Å². The van der Waals surface area contributed by atoms with Gasteiger partial charge in [0.15, 0.2) is 5.82 Å². The van der Waals surface area contributed by atoms with Crippen LogP contribution in [-0.2, 0) is 0 Å². The molecule has 17 heavy (non-hydrogen) atoms. The van der Waals surface area contributed by atoms with E-state index in [2.05, 4.69) is 26.0 Å². The van der Waals surface area contributed by atoms with E-state index in [1.165, 1.54) is 12.1 Å². The Morgan fingerprint density at radius 1 is 1.35 bits per heavy atom. The lowest BCUT2D eigenvalue weighted by atomic mass is 10.4. The number of nitrogens with zero attached hydrogens (tertiary/aromatic N) is 4. The Bertz CT molecular complexity index is 460. The van der Waals surface area contributed by atoms with E-state index < -0.39 is 12.0 Å². The quantitative estimate of drug-likeness (QED) is 0.747. The molecule has 2 heterocycles. The van der Waals surface area contributed by atoms with Crippen molar-refractivity contribution in [3.8, 4) is 0 Å². The maximum atomic E-state index is 12.6. The summed E-state index contributed by atoms with van der Waals surface area (Å²) in [4.78, 5) is 5.08. The predicted octanol–water partition coefficient (Wildman–Crippen LogP) is 2.43. The predicted molar refractivity (Wildman–Crippen MR) is 60.5 cm³/mol. The van der Waals surface area contributed by atoms with E-state index in [1.807, 2.05) is 0 Å². The van der Waals surface area contributed by atoms with Crippen LogP contribution in [0.1, 0.15) is 0 Å². The second kappa shape index (κ2) is 4.17. The first-order valence-electron chi connectivity index (χ1n) is 4.65. The number of rotatable bonds is 1. The van der Waals surface area contributed by atoms with Gasteiger partial charge in [0.05, 0.1) is 0 Å². The highest BCUT2D eigenvalue weighted by atomic mass is 79.9. The third kappa shape index (κ3) is 2.51. The summed E-state index contributed by atoms with van der Waals surface area (Å²) in [7, 11) is 1.34. The number of hydrogen-bond donors (Lipinski definition) is 0. The van der Waals surface area contributed by atoms with Crippen LogP contribution in [0.3, 0.4) is 0 Å². The highest BCUT2D eigenvalue weighted by Crippen LogP contribution is 2.26. The fourth-order valence-corrected chi connectivity index (χ4v) is 1.76. The number of halogens is 4. The molecule has 0 atom stereocenters. The van der Waals surface area contributed by atoms with Crippen LogP contribution in [0.2, 0.25) is 0 Å². The van der Waals surface area contributed by atoms with E-state index in [0.717, 1.165) is 4.90 Å². The summed E-state index contributed by atoms with van der Waals surface area (Å²) in [6.07, 6.45) is -4.45. The third-order valence-corrected chi connectivity index (χ3v) is 2.58. The number of anilines is 1. The van der Waals surface area contributed by atoms with Gasteiger partial charge in [-0.1, -0.05) is 6.07 Å². The summed E-state index contributed by atoms with van der Waals surface area (Å²) >= 11 is 3.16. The molecule has 0 fully saturated rings. The first kappa shape index (κ1) is 12.2. The molecule has 0 unspecified atom stereocenters. The average molecular weight is 309 g/mol. The van der Waals surface area contributed by atoms with Crippen molar-refractivity contribution in [2.75, 3.05) is 18.7 Å². The molecule has 1 aliphatic heterocycles. The van der Waals surface area contributed by atoms with Gasteiger partial charge in [0.1, 0.15) is 11.3 Å². The molecule has 4 nitrogen and oxygen atoms in total. The van der Waals surface area contributed by atoms with Crippen LogP contribution >= 0.6 is 15.9 Å². The Kier molecular flexibility index (Phi) is 2.98. The monoisotopic (exact) mass is 308 g/mol. The molecule has 0 aromatic carbocycles. The number of alkyl halides is 3. The van der Waals surface area contributed by atoms with E-state index in [-0.39, 0.29) is 6.67 Å². The molecule has 0 saturated carbocycles. The van der Waals surface area contributed by atoms with Crippen molar-refractivity contribution in [3.05, 3.63) is 22.8 Å². The van der Waals surface area contributed by atoms with Crippen molar-refractivity contribution in [2.24, 2.45) is 5.10 Å². The highest BCUT2D eigenvalue weighted by Gasteiger charge is 2.43. The highest BCUT2D eigenvalue weighted by molar-refractivity contribution is 9.10. The first-order valence-corrected chi connectivity index (χ1v) is 5.44. The van der Waals surface area contributed by atoms with Crippen molar-refractivity contribution in [1.29, 1.82) is 0 Å². The van der Waals surface area contributed by atoms with E-state index in [1.54, 1.807) is 18.2 Å². The van der Waals surface area contributed by atoms with Crippen molar-refractivity contribution < 1.29 is 13.2 Å². The average Bonchev–Trinajstić information content (AvgIpc) is 2.60. The van der Waals surface area contributed by atoms with Crippen molar-refractivity contribution in [2.45, 2.75) is 6.18 Å². The van der Waals surface area contributed by atoms with Gasteiger partial charge in [-0.3, -0.25) is 0 Å². The molecule has 0 saturated heterocycles. The molecule has 1 aliphatic rings. The van der Waals surface area contributed by atoms with Gasteiger partial charge in [0, 0.05) is 7.05 Å². The summed E-state index contributed by atoms with van der Waals surface area (Å²) in [5.41, 5.74) is 0. The fourth-order valence-electron chi connectivity index (χ4n) is 1.43. The fraction of sp³-hybridized carbons (Fsp3) is 0.333. The van der Waals surface area contributed by atoms with Crippen molar-refractivity contribution >= 4 is 27.6 Å². The van der Waals surface area contributed by atoms with E-state index >= 15 is 0 Å². The Hall–Kier alpha value is -1.31. The van der Waals surface area contributed by atoms with Gasteiger partial charge >= 0.3 is 6.18 Å². The summed E-state index contributed by atoms with van der Waals surface area (Å²) in [6.45, 7) is 0.0261. The van der Waals surface area contributed by atoms with Crippen molar-refractivity contribution in [1.82, 2.24) is 9.88 Å². The SMILES string of the molecule is CN1CN(c2cccc(Br)n2)N=C1C(F)(F)F. The number of hydrazone groups is 1. The van der Waals surface area contributed by atoms with Crippen LogP contribution in [0, 0.1) is 0 Å². The molecule has 0 spiro atoms. The Balaban J connectivity index is 2.29. The minimum absolute atomic E-state index is 0.0261. The van der Waals surface area contributed by atoms with Crippen LogP contribution in [-0.4, -0.2) is 35.6 Å². The number of pyridine rings is 1. The second-order valence-electron chi connectivity index (χ2n) is 3.48. The van der Waals surface area contributed by atoms with Crippen LogP contribution in [0.5, 0.6) is 0 Å². The van der Waals surface area contributed by atoms with E-state index in [4.69, 9.17) is 0 Å². The number of aromatic nitrogens is 1. The standard InChI is InChI=1S/C9H8BrF3N4/c1-16-5-17(15-8(16)9(11,12)13)7-4-2-3-6(10)14-7/h2-4H,5H2,1H3. The molecule has 0 amide bonds. The van der Waals surface area contributed by atoms with Gasteiger partial charge in [0.25, 0.3) is 0 Å². The summed E-state index contributed by atoms with van der Waals surface area (Å²) < 4.78 is 38.2. The molecule has 8 heteroatoms. The van der Waals surface area contributed by atoms with Crippen molar-refractivity contribution in [3.63, 3.8) is 0 Å².